The van der Waals surface area contributed by atoms with Gasteiger partial charge in [0.2, 0.25) is 0 Å². The first-order chi connectivity index (χ1) is 10.7. The molecule has 0 aliphatic carbocycles. The summed E-state index contributed by atoms with van der Waals surface area (Å²) in [5.74, 6) is -0.120. The summed E-state index contributed by atoms with van der Waals surface area (Å²) in [6.45, 7) is 0. The number of nitriles is 1. The van der Waals surface area contributed by atoms with E-state index < -0.39 is 0 Å². The van der Waals surface area contributed by atoms with Gasteiger partial charge in [-0.3, -0.25) is 9.69 Å². The van der Waals surface area contributed by atoms with E-state index in [9.17, 15) is 4.79 Å². The zero-order chi connectivity index (χ0) is 15.5. The Hall–Kier alpha value is -2.42. The van der Waals surface area contributed by atoms with Gasteiger partial charge in [0, 0.05) is 0 Å². The van der Waals surface area contributed by atoms with Crippen LogP contribution < -0.4 is 4.90 Å². The average Bonchev–Trinajstić information content (AvgIpc) is 2.83. The van der Waals surface area contributed by atoms with Gasteiger partial charge in [-0.15, -0.1) is 0 Å². The highest BCUT2D eigenvalue weighted by molar-refractivity contribution is 8.27. The standard InChI is InChI=1S/C17H10N2OS2/c18-11-13-8-6-12(7-9-13)10-15-16(20)19(17(21)22-15)14-4-2-1-3-5-14/h1-10H/b15-10+. The summed E-state index contributed by atoms with van der Waals surface area (Å²) in [7, 11) is 0. The minimum Gasteiger partial charge on any atom is -0.268 e. The summed E-state index contributed by atoms with van der Waals surface area (Å²) in [5, 5.41) is 8.80. The quantitative estimate of drug-likeness (QED) is 0.620. The number of carbonyl (C=O) groups is 1. The predicted molar refractivity (Wildman–Crippen MR) is 93.3 cm³/mol. The van der Waals surface area contributed by atoms with Crippen LogP contribution in [0, 0.1) is 11.3 Å². The molecule has 0 saturated carbocycles. The number of hydrogen-bond acceptors (Lipinski definition) is 4. The SMILES string of the molecule is N#Cc1ccc(/C=C2/SC(=S)N(c3ccccc3)C2=O)cc1. The maximum absolute atomic E-state index is 12.5. The molecule has 0 atom stereocenters. The number of thiocarbonyl (C=S) groups is 1. The lowest BCUT2D eigenvalue weighted by Gasteiger charge is -2.13. The minimum absolute atomic E-state index is 0.120. The molecule has 0 bridgehead atoms. The summed E-state index contributed by atoms with van der Waals surface area (Å²) in [6.07, 6.45) is 1.80. The van der Waals surface area contributed by atoms with E-state index in [0.29, 0.717) is 14.8 Å². The van der Waals surface area contributed by atoms with Crippen LogP contribution in [0.2, 0.25) is 0 Å². The average molecular weight is 322 g/mol. The molecule has 1 fully saturated rings. The number of rotatable bonds is 2. The smallest absolute Gasteiger partial charge is 0.268 e. The molecule has 3 rings (SSSR count). The number of thioether (sulfide) groups is 1. The van der Waals surface area contributed by atoms with Gasteiger partial charge >= 0.3 is 0 Å². The van der Waals surface area contributed by atoms with Crippen LogP contribution in [0.1, 0.15) is 11.1 Å². The maximum Gasteiger partial charge on any atom is 0.270 e. The summed E-state index contributed by atoms with van der Waals surface area (Å²) < 4.78 is 0.524. The second kappa shape index (κ2) is 6.14. The fraction of sp³-hybridized carbons (Fsp3) is 0. The van der Waals surface area contributed by atoms with E-state index in [4.69, 9.17) is 17.5 Å². The first kappa shape index (κ1) is 14.5. The summed E-state index contributed by atoms with van der Waals surface area (Å²) in [4.78, 5) is 14.7. The van der Waals surface area contributed by atoms with Crippen LogP contribution in [-0.4, -0.2) is 10.2 Å². The highest BCUT2D eigenvalue weighted by atomic mass is 32.2. The van der Waals surface area contributed by atoms with Gasteiger partial charge in [0.25, 0.3) is 5.91 Å². The molecule has 2 aromatic rings. The predicted octanol–water partition coefficient (Wildman–Crippen LogP) is 3.96. The Balaban J connectivity index is 1.90. The Kier molecular flexibility index (Phi) is 4.05. The monoisotopic (exact) mass is 322 g/mol. The molecule has 0 spiro atoms. The van der Waals surface area contributed by atoms with Crippen molar-refractivity contribution in [3.63, 3.8) is 0 Å². The zero-order valence-electron chi connectivity index (χ0n) is 11.4. The van der Waals surface area contributed by atoms with Crippen LogP contribution in [0.15, 0.2) is 59.5 Å². The van der Waals surface area contributed by atoms with Gasteiger partial charge in [-0.05, 0) is 35.9 Å². The van der Waals surface area contributed by atoms with Gasteiger partial charge in [-0.1, -0.05) is 54.3 Å². The van der Waals surface area contributed by atoms with E-state index in [0.717, 1.165) is 11.3 Å². The van der Waals surface area contributed by atoms with Gasteiger partial charge in [0.05, 0.1) is 22.2 Å². The molecule has 0 radical (unpaired) electrons. The van der Waals surface area contributed by atoms with Crippen LogP contribution in [0.25, 0.3) is 6.08 Å². The van der Waals surface area contributed by atoms with E-state index in [-0.39, 0.29) is 5.91 Å². The molecule has 5 heteroatoms. The molecule has 22 heavy (non-hydrogen) atoms. The lowest BCUT2D eigenvalue weighted by molar-refractivity contribution is -0.113. The van der Waals surface area contributed by atoms with Gasteiger partial charge in [0.1, 0.15) is 0 Å². The summed E-state index contributed by atoms with van der Waals surface area (Å²) in [5.41, 5.74) is 2.23. The van der Waals surface area contributed by atoms with E-state index in [1.165, 1.54) is 16.7 Å². The van der Waals surface area contributed by atoms with E-state index in [1.54, 1.807) is 18.2 Å². The molecular formula is C17H10N2OS2. The molecule has 1 amide bonds. The van der Waals surface area contributed by atoms with Crippen molar-refractivity contribution in [1.29, 1.82) is 5.26 Å². The van der Waals surface area contributed by atoms with Crippen LogP contribution in [0.3, 0.4) is 0 Å². The zero-order valence-corrected chi connectivity index (χ0v) is 13.0. The topological polar surface area (TPSA) is 44.1 Å². The molecule has 1 aliphatic rings. The Morgan fingerprint density at radius 1 is 1.09 bits per heavy atom. The number of benzene rings is 2. The third-order valence-electron chi connectivity index (χ3n) is 3.15. The number of carbonyl (C=O) groups excluding carboxylic acids is 1. The van der Waals surface area contributed by atoms with Gasteiger partial charge in [-0.25, -0.2) is 0 Å². The molecule has 3 nitrogen and oxygen atoms in total. The maximum atomic E-state index is 12.5. The van der Waals surface area contributed by atoms with Crippen molar-refractivity contribution in [2.75, 3.05) is 4.90 Å². The molecule has 2 aromatic carbocycles. The molecule has 0 N–H and O–H groups in total. The first-order valence-corrected chi connectivity index (χ1v) is 7.75. The van der Waals surface area contributed by atoms with E-state index in [1.807, 2.05) is 42.5 Å². The highest BCUT2D eigenvalue weighted by Crippen LogP contribution is 2.35. The molecule has 0 unspecified atom stereocenters. The van der Waals surface area contributed by atoms with Crippen molar-refractivity contribution >= 4 is 46.0 Å². The first-order valence-electron chi connectivity index (χ1n) is 6.52. The van der Waals surface area contributed by atoms with Crippen molar-refractivity contribution in [2.24, 2.45) is 0 Å². The molecule has 1 saturated heterocycles. The molecule has 0 aromatic heterocycles. The number of nitrogens with zero attached hydrogens (tertiary/aromatic N) is 2. The fourth-order valence-corrected chi connectivity index (χ4v) is 3.37. The molecular weight excluding hydrogens is 312 g/mol. The second-order valence-corrected chi connectivity index (χ2v) is 6.26. The number of hydrogen-bond donors (Lipinski definition) is 0. The van der Waals surface area contributed by atoms with Gasteiger partial charge in [0.15, 0.2) is 4.32 Å². The Bertz CT molecular complexity index is 805. The van der Waals surface area contributed by atoms with Gasteiger partial charge < -0.3 is 0 Å². The molecule has 1 aliphatic heterocycles. The van der Waals surface area contributed by atoms with Crippen molar-refractivity contribution in [1.82, 2.24) is 0 Å². The number of anilines is 1. The third-order valence-corrected chi connectivity index (χ3v) is 4.45. The summed E-state index contributed by atoms with van der Waals surface area (Å²) >= 11 is 6.60. The van der Waals surface area contributed by atoms with Crippen LogP contribution in [0.5, 0.6) is 0 Å². The molecule has 1 heterocycles. The normalized spacial score (nSPS) is 16.1. The van der Waals surface area contributed by atoms with Crippen LogP contribution >= 0.6 is 24.0 Å². The Labute approximate surface area is 137 Å². The van der Waals surface area contributed by atoms with Crippen LogP contribution in [0.4, 0.5) is 5.69 Å². The van der Waals surface area contributed by atoms with Crippen molar-refractivity contribution < 1.29 is 4.79 Å². The van der Waals surface area contributed by atoms with Gasteiger partial charge in [-0.2, -0.15) is 5.26 Å². The van der Waals surface area contributed by atoms with Crippen molar-refractivity contribution in [3.05, 3.63) is 70.6 Å². The number of para-hydroxylation sites is 1. The van der Waals surface area contributed by atoms with Crippen molar-refractivity contribution in [3.8, 4) is 6.07 Å². The lowest BCUT2D eigenvalue weighted by Crippen LogP contribution is -2.27. The van der Waals surface area contributed by atoms with E-state index >= 15 is 0 Å². The fourth-order valence-electron chi connectivity index (χ4n) is 2.07. The Morgan fingerprint density at radius 3 is 2.41 bits per heavy atom. The van der Waals surface area contributed by atoms with E-state index in [2.05, 4.69) is 6.07 Å². The van der Waals surface area contributed by atoms with Crippen LogP contribution in [-0.2, 0) is 4.79 Å². The lowest BCUT2D eigenvalue weighted by atomic mass is 10.1. The third kappa shape index (κ3) is 2.80. The molecule has 106 valence electrons. The largest absolute Gasteiger partial charge is 0.270 e. The summed E-state index contributed by atoms with van der Waals surface area (Å²) in [6, 6.07) is 18.5. The second-order valence-electron chi connectivity index (χ2n) is 4.59. The number of amides is 1. The minimum atomic E-state index is -0.120. The Morgan fingerprint density at radius 2 is 1.77 bits per heavy atom. The highest BCUT2D eigenvalue weighted by Gasteiger charge is 2.33. The van der Waals surface area contributed by atoms with Crippen molar-refractivity contribution in [2.45, 2.75) is 0 Å².